The average Bonchev–Trinajstić information content (AvgIpc) is 2.74. The van der Waals surface area contributed by atoms with Crippen molar-refractivity contribution in [2.45, 2.75) is 0 Å². The molecule has 0 spiro atoms. The van der Waals surface area contributed by atoms with Gasteiger partial charge in [0.1, 0.15) is 5.75 Å². The smallest absolute Gasteiger partial charge is 0.338 e. The molecule has 0 atom stereocenters. The van der Waals surface area contributed by atoms with Crippen molar-refractivity contribution in [1.82, 2.24) is 0 Å². The number of esters is 1. The lowest BCUT2D eigenvalue weighted by Crippen LogP contribution is -2.21. The Kier molecular flexibility index (Phi) is 6.16. The van der Waals surface area contributed by atoms with Crippen molar-refractivity contribution in [2.24, 2.45) is 0 Å². The van der Waals surface area contributed by atoms with Gasteiger partial charge in [-0.25, -0.2) is 4.79 Å². The van der Waals surface area contributed by atoms with Crippen LogP contribution in [0, 0.1) is 10.1 Å². The second kappa shape index (κ2) is 9.14. The number of amides is 1. The number of hydrogen-bond acceptors (Lipinski definition) is 6. The fourth-order valence-corrected chi connectivity index (χ4v) is 2.42. The summed E-state index contributed by atoms with van der Waals surface area (Å²) in [4.78, 5) is 34.4. The maximum absolute atomic E-state index is 12.2. The van der Waals surface area contributed by atoms with Crippen LogP contribution in [0.15, 0.2) is 78.9 Å². The molecular weight excluding hydrogens is 376 g/mol. The van der Waals surface area contributed by atoms with Crippen LogP contribution in [-0.4, -0.2) is 23.4 Å². The van der Waals surface area contributed by atoms with Crippen molar-refractivity contribution in [3.63, 3.8) is 0 Å². The molecule has 1 N–H and O–H groups in total. The summed E-state index contributed by atoms with van der Waals surface area (Å²) in [6.45, 7) is -0.554. The van der Waals surface area contributed by atoms with Crippen molar-refractivity contribution in [2.75, 3.05) is 11.9 Å². The molecule has 0 heterocycles. The van der Waals surface area contributed by atoms with Crippen molar-refractivity contribution in [1.29, 1.82) is 0 Å². The predicted molar refractivity (Wildman–Crippen MR) is 105 cm³/mol. The van der Waals surface area contributed by atoms with Crippen LogP contribution in [0.5, 0.6) is 11.5 Å². The number of anilines is 1. The van der Waals surface area contributed by atoms with E-state index in [1.165, 1.54) is 18.2 Å². The minimum Gasteiger partial charge on any atom is -0.455 e. The van der Waals surface area contributed by atoms with Crippen LogP contribution in [0.1, 0.15) is 10.4 Å². The number of hydrogen-bond donors (Lipinski definition) is 1. The Morgan fingerprint density at radius 1 is 0.931 bits per heavy atom. The SMILES string of the molecule is O=C(COC(=O)c1cccc([N+](=O)[O-])c1)Nc1ccccc1Oc1ccccc1. The predicted octanol–water partition coefficient (Wildman–Crippen LogP) is 4.18. The van der Waals surface area contributed by atoms with E-state index >= 15 is 0 Å². The third kappa shape index (κ3) is 5.39. The Hall–Kier alpha value is -4.20. The molecule has 0 aliphatic rings. The number of ether oxygens (including phenoxy) is 2. The highest BCUT2D eigenvalue weighted by molar-refractivity contribution is 5.96. The van der Waals surface area contributed by atoms with E-state index in [1.54, 1.807) is 36.4 Å². The first-order chi connectivity index (χ1) is 14.0. The molecule has 0 fully saturated rings. The minimum atomic E-state index is -0.835. The molecule has 1 amide bonds. The highest BCUT2D eigenvalue weighted by Gasteiger charge is 2.15. The number of carbonyl (C=O) groups is 2. The maximum Gasteiger partial charge on any atom is 0.338 e. The molecule has 0 bridgehead atoms. The van der Waals surface area contributed by atoms with E-state index in [2.05, 4.69) is 5.32 Å². The van der Waals surface area contributed by atoms with Crippen molar-refractivity contribution >= 4 is 23.3 Å². The highest BCUT2D eigenvalue weighted by atomic mass is 16.6. The number of nitrogens with zero attached hydrogens (tertiary/aromatic N) is 1. The lowest BCUT2D eigenvalue weighted by molar-refractivity contribution is -0.384. The second-order valence-electron chi connectivity index (χ2n) is 5.84. The summed E-state index contributed by atoms with van der Waals surface area (Å²) in [5.41, 5.74) is 0.156. The fraction of sp³-hybridized carbons (Fsp3) is 0.0476. The van der Waals surface area contributed by atoms with Crippen molar-refractivity contribution < 1.29 is 24.0 Å². The molecule has 8 nitrogen and oxygen atoms in total. The molecule has 0 saturated heterocycles. The van der Waals surface area contributed by atoms with Gasteiger partial charge in [-0.3, -0.25) is 14.9 Å². The Bertz CT molecular complexity index is 1040. The summed E-state index contributed by atoms with van der Waals surface area (Å²) in [5, 5.41) is 13.4. The van der Waals surface area contributed by atoms with Crippen molar-refractivity contribution in [3.05, 3.63) is 94.5 Å². The molecule has 3 rings (SSSR count). The maximum atomic E-state index is 12.2. The lowest BCUT2D eigenvalue weighted by atomic mass is 10.2. The van der Waals surface area contributed by atoms with Gasteiger partial charge in [0.25, 0.3) is 11.6 Å². The van der Waals surface area contributed by atoms with Gasteiger partial charge in [0.05, 0.1) is 16.2 Å². The summed E-state index contributed by atoms with van der Waals surface area (Å²) >= 11 is 0. The van der Waals surface area contributed by atoms with Crippen molar-refractivity contribution in [3.8, 4) is 11.5 Å². The van der Waals surface area contributed by atoms with Gasteiger partial charge in [-0.05, 0) is 30.3 Å². The summed E-state index contributed by atoms with van der Waals surface area (Å²) < 4.78 is 10.7. The molecule has 3 aromatic rings. The molecule has 0 aliphatic carbocycles. The van der Waals surface area contributed by atoms with Crippen LogP contribution in [0.2, 0.25) is 0 Å². The third-order valence-corrected chi connectivity index (χ3v) is 3.76. The zero-order valence-electron chi connectivity index (χ0n) is 15.1. The number of non-ortho nitro benzene ring substituents is 1. The van der Waals surface area contributed by atoms with Crippen LogP contribution >= 0.6 is 0 Å². The van der Waals surface area contributed by atoms with Gasteiger partial charge in [0.2, 0.25) is 0 Å². The van der Waals surface area contributed by atoms with Crippen LogP contribution in [-0.2, 0) is 9.53 Å². The first-order valence-electron chi connectivity index (χ1n) is 8.56. The number of para-hydroxylation sites is 3. The van der Waals surface area contributed by atoms with Crippen LogP contribution < -0.4 is 10.1 Å². The van der Waals surface area contributed by atoms with Gasteiger partial charge >= 0.3 is 5.97 Å². The van der Waals surface area contributed by atoms with E-state index in [4.69, 9.17) is 9.47 Å². The van der Waals surface area contributed by atoms with Gasteiger partial charge < -0.3 is 14.8 Å². The largest absolute Gasteiger partial charge is 0.455 e. The second-order valence-corrected chi connectivity index (χ2v) is 5.84. The lowest BCUT2D eigenvalue weighted by Gasteiger charge is -2.12. The number of nitro groups is 1. The number of carbonyl (C=O) groups excluding carboxylic acids is 2. The average molecular weight is 392 g/mol. The van der Waals surface area contributed by atoms with E-state index in [1.807, 2.05) is 18.2 Å². The molecule has 0 aliphatic heterocycles. The van der Waals surface area contributed by atoms with Gasteiger partial charge in [-0.2, -0.15) is 0 Å². The van der Waals surface area contributed by atoms with Gasteiger partial charge in [0, 0.05) is 12.1 Å². The van der Waals surface area contributed by atoms with E-state index < -0.39 is 23.4 Å². The number of rotatable bonds is 7. The quantitative estimate of drug-likeness (QED) is 0.367. The monoisotopic (exact) mass is 392 g/mol. The zero-order valence-corrected chi connectivity index (χ0v) is 15.1. The normalized spacial score (nSPS) is 10.1. The Balaban J connectivity index is 1.61. The molecule has 0 aromatic heterocycles. The minimum absolute atomic E-state index is 0.0141. The molecular formula is C21H16N2O6. The molecule has 0 unspecified atom stereocenters. The van der Waals surface area contributed by atoms with Gasteiger partial charge in [-0.15, -0.1) is 0 Å². The summed E-state index contributed by atoms with van der Waals surface area (Å²) in [6.07, 6.45) is 0. The molecule has 0 radical (unpaired) electrons. The van der Waals surface area contributed by atoms with E-state index in [0.29, 0.717) is 17.2 Å². The number of nitro benzene ring substituents is 1. The Labute approximate surface area is 165 Å². The molecule has 146 valence electrons. The number of nitrogens with one attached hydrogen (secondary N) is 1. The van der Waals surface area contributed by atoms with Crippen LogP contribution in [0.25, 0.3) is 0 Å². The molecule has 29 heavy (non-hydrogen) atoms. The Morgan fingerprint density at radius 3 is 2.41 bits per heavy atom. The first kappa shape index (κ1) is 19.6. The molecule has 0 saturated carbocycles. The van der Waals surface area contributed by atoms with E-state index in [-0.39, 0.29) is 11.3 Å². The van der Waals surface area contributed by atoms with Gasteiger partial charge in [-0.1, -0.05) is 36.4 Å². The summed E-state index contributed by atoms with van der Waals surface area (Å²) in [6, 6.07) is 21.0. The Morgan fingerprint density at radius 2 is 1.66 bits per heavy atom. The fourth-order valence-electron chi connectivity index (χ4n) is 2.42. The molecule has 3 aromatic carbocycles. The van der Waals surface area contributed by atoms with E-state index in [0.717, 1.165) is 6.07 Å². The topological polar surface area (TPSA) is 108 Å². The standard InChI is InChI=1S/C21H16N2O6/c24-20(14-28-21(25)15-7-6-8-16(13-15)23(26)27)22-18-11-4-5-12-19(18)29-17-9-2-1-3-10-17/h1-13H,14H2,(H,22,24). The van der Waals surface area contributed by atoms with E-state index in [9.17, 15) is 19.7 Å². The zero-order chi connectivity index (χ0) is 20.6. The third-order valence-electron chi connectivity index (χ3n) is 3.76. The van der Waals surface area contributed by atoms with Gasteiger partial charge in [0.15, 0.2) is 12.4 Å². The summed E-state index contributed by atoms with van der Waals surface area (Å²) in [5.74, 6) is -0.381. The first-order valence-corrected chi connectivity index (χ1v) is 8.56. The van der Waals surface area contributed by atoms with Crippen LogP contribution in [0.4, 0.5) is 11.4 Å². The molecule has 8 heteroatoms. The number of benzene rings is 3. The van der Waals surface area contributed by atoms with Crippen LogP contribution in [0.3, 0.4) is 0 Å². The highest BCUT2D eigenvalue weighted by Crippen LogP contribution is 2.29. The summed E-state index contributed by atoms with van der Waals surface area (Å²) in [7, 11) is 0.